The molecular formula is C18H23N5O2. The minimum absolute atomic E-state index is 0.165. The molecule has 0 radical (unpaired) electrons. The molecule has 1 aromatic heterocycles. The van der Waals surface area contributed by atoms with Crippen molar-refractivity contribution in [3.63, 3.8) is 0 Å². The number of methoxy groups -OCH3 is 1. The van der Waals surface area contributed by atoms with Crippen LogP contribution in [0.4, 0.5) is 5.69 Å². The summed E-state index contributed by atoms with van der Waals surface area (Å²) in [5.74, 6) is 3.53. The number of amides is 1. The minimum atomic E-state index is -0.381. The number of aromatic nitrogens is 1. The molecule has 2 aliphatic heterocycles. The van der Waals surface area contributed by atoms with Crippen molar-refractivity contribution in [1.82, 2.24) is 9.88 Å². The van der Waals surface area contributed by atoms with Gasteiger partial charge in [-0.3, -0.25) is 9.78 Å². The van der Waals surface area contributed by atoms with Crippen LogP contribution in [0.25, 0.3) is 0 Å². The first-order valence-corrected chi connectivity index (χ1v) is 8.56. The van der Waals surface area contributed by atoms with Gasteiger partial charge in [0.1, 0.15) is 0 Å². The van der Waals surface area contributed by atoms with E-state index in [1.54, 1.807) is 19.5 Å². The molecule has 3 heterocycles. The van der Waals surface area contributed by atoms with Gasteiger partial charge in [-0.15, -0.1) is 12.3 Å². The smallest absolute Gasteiger partial charge is 0.222 e. The van der Waals surface area contributed by atoms with Crippen LogP contribution in [-0.2, 0) is 4.79 Å². The maximum Gasteiger partial charge on any atom is 0.222 e. The van der Waals surface area contributed by atoms with Crippen molar-refractivity contribution in [2.24, 2.45) is 10.2 Å². The van der Waals surface area contributed by atoms with Crippen molar-refractivity contribution >= 4 is 11.6 Å². The molecule has 0 spiro atoms. The van der Waals surface area contributed by atoms with Crippen molar-refractivity contribution in [1.29, 1.82) is 0 Å². The van der Waals surface area contributed by atoms with Gasteiger partial charge in [-0.25, -0.2) is 0 Å². The Balaban J connectivity index is 1.47. The highest BCUT2D eigenvalue weighted by atomic mass is 16.5. The Labute approximate surface area is 148 Å². The van der Waals surface area contributed by atoms with Crippen LogP contribution in [0.15, 0.2) is 28.7 Å². The lowest BCUT2D eigenvalue weighted by Gasteiger charge is -2.36. The molecular weight excluding hydrogens is 318 g/mol. The zero-order valence-electron chi connectivity index (χ0n) is 14.5. The van der Waals surface area contributed by atoms with Crippen molar-refractivity contribution in [2.75, 3.05) is 38.2 Å². The summed E-state index contributed by atoms with van der Waals surface area (Å²) in [4.78, 5) is 20.7. The molecule has 7 nitrogen and oxygen atoms in total. The zero-order valence-corrected chi connectivity index (χ0v) is 14.5. The molecule has 132 valence electrons. The Hall–Kier alpha value is -2.62. The van der Waals surface area contributed by atoms with Gasteiger partial charge in [-0.05, 0) is 6.07 Å². The van der Waals surface area contributed by atoms with Gasteiger partial charge < -0.3 is 14.5 Å². The Morgan fingerprint density at radius 3 is 2.72 bits per heavy atom. The lowest BCUT2D eigenvalue weighted by Crippen LogP contribution is -2.49. The van der Waals surface area contributed by atoms with Crippen LogP contribution in [0, 0.1) is 12.3 Å². The van der Waals surface area contributed by atoms with E-state index in [1.165, 1.54) is 0 Å². The lowest BCUT2D eigenvalue weighted by molar-refractivity contribution is -0.131. The number of piperazine rings is 1. The molecule has 1 saturated heterocycles. The molecule has 0 bridgehead atoms. The second-order valence-corrected chi connectivity index (χ2v) is 6.30. The van der Waals surface area contributed by atoms with Gasteiger partial charge in [0, 0.05) is 58.1 Å². The maximum atomic E-state index is 12.5. The van der Waals surface area contributed by atoms with Crippen molar-refractivity contribution in [3.05, 3.63) is 18.5 Å². The van der Waals surface area contributed by atoms with Gasteiger partial charge in [0.25, 0.3) is 0 Å². The quantitative estimate of drug-likeness (QED) is 0.712. The fraction of sp³-hybridized carbons (Fsp3) is 0.556. The SMILES string of the molecule is C#CCCC1(CCC(=O)N2CCN(c3ccncc3OC)CC2)N=N1. The highest BCUT2D eigenvalue weighted by Gasteiger charge is 2.39. The van der Waals surface area contributed by atoms with Gasteiger partial charge in [-0.1, -0.05) is 0 Å². The summed E-state index contributed by atoms with van der Waals surface area (Å²) in [6.07, 6.45) is 11.3. The summed E-state index contributed by atoms with van der Waals surface area (Å²) in [7, 11) is 1.64. The van der Waals surface area contributed by atoms with Crippen molar-refractivity contribution < 1.29 is 9.53 Å². The molecule has 25 heavy (non-hydrogen) atoms. The molecule has 1 fully saturated rings. The number of anilines is 1. The topological polar surface area (TPSA) is 70.4 Å². The molecule has 1 aromatic rings. The van der Waals surface area contributed by atoms with Crippen LogP contribution in [0.5, 0.6) is 5.75 Å². The third-order valence-corrected chi connectivity index (χ3v) is 4.75. The molecule has 1 amide bonds. The van der Waals surface area contributed by atoms with Crippen LogP contribution >= 0.6 is 0 Å². The van der Waals surface area contributed by atoms with Crippen LogP contribution in [0.1, 0.15) is 25.7 Å². The number of carbonyl (C=O) groups excluding carboxylic acids is 1. The minimum Gasteiger partial charge on any atom is -0.493 e. The Morgan fingerprint density at radius 1 is 1.32 bits per heavy atom. The average molecular weight is 341 g/mol. The number of hydrogen-bond acceptors (Lipinski definition) is 6. The molecule has 0 atom stereocenters. The van der Waals surface area contributed by atoms with E-state index >= 15 is 0 Å². The number of rotatable bonds is 7. The summed E-state index contributed by atoms with van der Waals surface area (Å²) in [5.41, 5.74) is 0.641. The van der Waals surface area contributed by atoms with Crippen LogP contribution < -0.4 is 9.64 Å². The molecule has 0 saturated carbocycles. The van der Waals surface area contributed by atoms with Gasteiger partial charge in [0.15, 0.2) is 11.4 Å². The number of terminal acetylenes is 1. The second-order valence-electron chi connectivity index (χ2n) is 6.30. The number of hydrogen-bond donors (Lipinski definition) is 0. The van der Waals surface area contributed by atoms with E-state index in [9.17, 15) is 4.79 Å². The molecule has 0 aromatic carbocycles. The standard InChI is InChI=1S/C18H23N5O2/c1-3-4-7-18(20-21-18)8-5-17(24)23-12-10-22(11-13-23)15-6-9-19-14-16(15)25-2/h1,6,9,14H,4-5,7-8,10-13H2,2H3. The predicted molar refractivity (Wildman–Crippen MR) is 94.5 cm³/mol. The van der Waals surface area contributed by atoms with E-state index in [0.717, 1.165) is 30.9 Å². The van der Waals surface area contributed by atoms with E-state index in [1.807, 2.05) is 11.0 Å². The highest BCUT2D eigenvalue weighted by molar-refractivity contribution is 5.76. The zero-order chi connectivity index (χ0) is 17.7. The highest BCUT2D eigenvalue weighted by Crippen LogP contribution is 2.37. The second kappa shape index (κ2) is 7.51. The summed E-state index contributed by atoms with van der Waals surface area (Å²) in [6, 6.07) is 1.95. The average Bonchev–Trinajstić information content (AvgIpc) is 3.45. The lowest BCUT2D eigenvalue weighted by atomic mass is 10.0. The summed E-state index contributed by atoms with van der Waals surface area (Å²) < 4.78 is 5.37. The van der Waals surface area contributed by atoms with Gasteiger partial charge in [0.05, 0.1) is 19.0 Å². The number of ether oxygens (including phenoxy) is 1. The summed E-state index contributed by atoms with van der Waals surface area (Å²) >= 11 is 0. The maximum absolute atomic E-state index is 12.5. The Kier molecular flexibility index (Phi) is 5.17. The van der Waals surface area contributed by atoms with E-state index in [2.05, 4.69) is 26.0 Å². The number of carbonyl (C=O) groups is 1. The van der Waals surface area contributed by atoms with Crippen LogP contribution in [0.3, 0.4) is 0 Å². The van der Waals surface area contributed by atoms with Gasteiger partial charge in [0.2, 0.25) is 5.91 Å². The molecule has 0 unspecified atom stereocenters. The first-order valence-electron chi connectivity index (χ1n) is 8.56. The fourth-order valence-corrected chi connectivity index (χ4v) is 3.12. The Bertz CT molecular complexity index is 683. The van der Waals surface area contributed by atoms with Crippen LogP contribution in [-0.4, -0.2) is 54.7 Å². The molecule has 0 aliphatic carbocycles. The van der Waals surface area contributed by atoms with Crippen LogP contribution in [0.2, 0.25) is 0 Å². The fourth-order valence-electron chi connectivity index (χ4n) is 3.12. The summed E-state index contributed by atoms with van der Waals surface area (Å²) in [6.45, 7) is 2.97. The largest absolute Gasteiger partial charge is 0.493 e. The molecule has 7 heteroatoms. The predicted octanol–water partition coefficient (Wildman–Crippen LogP) is 2.09. The van der Waals surface area contributed by atoms with Crippen molar-refractivity contribution in [3.8, 4) is 18.1 Å². The third-order valence-electron chi connectivity index (χ3n) is 4.75. The van der Waals surface area contributed by atoms with E-state index < -0.39 is 0 Å². The molecule has 2 aliphatic rings. The summed E-state index contributed by atoms with van der Waals surface area (Å²) in [5, 5.41) is 8.18. The van der Waals surface area contributed by atoms with Gasteiger partial charge in [-0.2, -0.15) is 10.2 Å². The normalized spacial score (nSPS) is 17.9. The van der Waals surface area contributed by atoms with Gasteiger partial charge >= 0.3 is 0 Å². The third kappa shape index (κ3) is 4.08. The first kappa shape index (κ1) is 17.2. The van der Waals surface area contributed by atoms with Crippen molar-refractivity contribution in [2.45, 2.75) is 31.3 Å². The van der Waals surface area contributed by atoms with E-state index in [0.29, 0.717) is 32.4 Å². The Morgan fingerprint density at radius 2 is 2.08 bits per heavy atom. The number of pyridine rings is 1. The van der Waals surface area contributed by atoms with E-state index in [4.69, 9.17) is 11.2 Å². The first-order chi connectivity index (χ1) is 12.2. The molecule has 3 rings (SSSR count). The van der Waals surface area contributed by atoms with E-state index in [-0.39, 0.29) is 11.6 Å². The monoisotopic (exact) mass is 341 g/mol. The number of nitrogens with zero attached hydrogens (tertiary/aromatic N) is 5. The molecule has 0 N–H and O–H groups in total.